The molecule has 1 heterocycles. The van der Waals surface area contributed by atoms with Crippen LogP contribution in [0.2, 0.25) is 5.28 Å². The van der Waals surface area contributed by atoms with E-state index in [1.54, 1.807) is 11.8 Å². The van der Waals surface area contributed by atoms with Crippen molar-refractivity contribution in [2.75, 3.05) is 37.5 Å². The lowest BCUT2D eigenvalue weighted by molar-refractivity contribution is 0.186. The number of aromatic nitrogens is 3. The lowest BCUT2D eigenvalue weighted by Crippen LogP contribution is -2.25. The molecule has 1 rings (SSSR count). The van der Waals surface area contributed by atoms with Crippen molar-refractivity contribution in [2.24, 2.45) is 0 Å². The number of rotatable bonds is 5. The largest absolute Gasteiger partial charge is 0.393 e. The predicted octanol–water partition coefficient (Wildman–Crippen LogP) is 0.798. The fourth-order valence-corrected chi connectivity index (χ4v) is 1.33. The SMILES string of the molecule is CC(O)CCN(C)c1nc(Cl)nc(N(C)C)n1. The Labute approximate surface area is 106 Å². The average Bonchev–Trinajstić information content (AvgIpc) is 2.24. The molecule has 17 heavy (non-hydrogen) atoms. The van der Waals surface area contributed by atoms with Crippen LogP contribution in [0.15, 0.2) is 0 Å². The van der Waals surface area contributed by atoms with Gasteiger partial charge in [0.05, 0.1) is 6.10 Å². The Hall–Kier alpha value is -1.14. The predicted molar refractivity (Wildman–Crippen MR) is 68.7 cm³/mol. The van der Waals surface area contributed by atoms with Gasteiger partial charge in [-0.1, -0.05) is 0 Å². The first-order valence-corrected chi connectivity index (χ1v) is 5.76. The van der Waals surface area contributed by atoms with Crippen LogP contribution in [0.4, 0.5) is 11.9 Å². The molecule has 1 aromatic rings. The monoisotopic (exact) mass is 259 g/mol. The van der Waals surface area contributed by atoms with E-state index in [2.05, 4.69) is 15.0 Å². The molecule has 0 radical (unpaired) electrons. The van der Waals surface area contributed by atoms with Gasteiger partial charge in [0.25, 0.3) is 0 Å². The van der Waals surface area contributed by atoms with Crippen molar-refractivity contribution in [3.8, 4) is 0 Å². The minimum Gasteiger partial charge on any atom is -0.393 e. The lowest BCUT2D eigenvalue weighted by Gasteiger charge is -2.19. The lowest BCUT2D eigenvalue weighted by atomic mass is 10.3. The maximum Gasteiger partial charge on any atom is 0.231 e. The highest BCUT2D eigenvalue weighted by Crippen LogP contribution is 2.14. The zero-order valence-electron chi connectivity index (χ0n) is 10.6. The molecule has 1 atom stereocenters. The summed E-state index contributed by atoms with van der Waals surface area (Å²) in [4.78, 5) is 15.9. The van der Waals surface area contributed by atoms with E-state index in [1.807, 2.05) is 26.0 Å². The maximum absolute atomic E-state index is 9.23. The van der Waals surface area contributed by atoms with E-state index in [-0.39, 0.29) is 11.4 Å². The van der Waals surface area contributed by atoms with Crippen LogP contribution in [0, 0.1) is 0 Å². The van der Waals surface area contributed by atoms with Crippen molar-refractivity contribution in [3.63, 3.8) is 0 Å². The Morgan fingerprint density at radius 3 is 2.29 bits per heavy atom. The van der Waals surface area contributed by atoms with E-state index in [0.717, 1.165) is 0 Å². The molecule has 96 valence electrons. The fourth-order valence-electron chi connectivity index (χ4n) is 1.18. The van der Waals surface area contributed by atoms with E-state index < -0.39 is 0 Å². The first-order chi connectivity index (χ1) is 7.90. The van der Waals surface area contributed by atoms with Crippen LogP contribution in [-0.2, 0) is 0 Å². The Balaban J connectivity index is 2.82. The molecule has 1 unspecified atom stereocenters. The first-order valence-electron chi connectivity index (χ1n) is 5.38. The number of nitrogens with zero attached hydrogens (tertiary/aromatic N) is 5. The second-order valence-electron chi connectivity index (χ2n) is 4.16. The van der Waals surface area contributed by atoms with Crippen LogP contribution in [0.25, 0.3) is 0 Å². The van der Waals surface area contributed by atoms with Crippen molar-refractivity contribution in [3.05, 3.63) is 5.28 Å². The quantitative estimate of drug-likeness (QED) is 0.844. The minimum absolute atomic E-state index is 0.169. The molecule has 0 bridgehead atoms. The summed E-state index contributed by atoms with van der Waals surface area (Å²) in [6, 6.07) is 0. The first kappa shape index (κ1) is 13.9. The van der Waals surface area contributed by atoms with Crippen molar-refractivity contribution in [1.82, 2.24) is 15.0 Å². The second-order valence-corrected chi connectivity index (χ2v) is 4.50. The Morgan fingerprint density at radius 2 is 1.76 bits per heavy atom. The number of hydrogen-bond acceptors (Lipinski definition) is 6. The highest BCUT2D eigenvalue weighted by atomic mass is 35.5. The molecule has 0 saturated heterocycles. The number of anilines is 2. The molecule has 7 heteroatoms. The molecule has 6 nitrogen and oxygen atoms in total. The van der Waals surface area contributed by atoms with Crippen LogP contribution in [-0.4, -0.2) is 53.9 Å². The molecule has 1 N–H and O–H groups in total. The molecule has 0 amide bonds. The summed E-state index contributed by atoms with van der Waals surface area (Å²) in [7, 11) is 5.53. The highest BCUT2D eigenvalue weighted by molar-refractivity contribution is 6.28. The average molecular weight is 260 g/mol. The van der Waals surface area contributed by atoms with E-state index in [4.69, 9.17) is 11.6 Å². The van der Waals surface area contributed by atoms with Crippen molar-refractivity contribution >= 4 is 23.5 Å². The molecule has 0 aliphatic rings. The van der Waals surface area contributed by atoms with E-state index >= 15 is 0 Å². The zero-order chi connectivity index (χ0) is 13.0. The molecule has 0 saturated carbocycles. The van der Waals surface area contributed by atoms with Gasteiger partial charge in [0, 0.05) is 27.7 Å². The summed E-state index contributed by atoms with van der Waals surface area (Å²) in [5.41, 5.74) is 0. The third-order valence-corrected chi connectivity index (χ3v) is 2.38. The molecule has 0 aliphatic heterocycles. The van der Waals surface area contributed by atoms with E-state index in [0.29, 0.717) is 24.9 Å². The topological polar surface area (TPSA) is 65.4 Å². The van der Waals surface area contributed by atoms with Crippen LogP contribution in [0.3, 0.4) is 0 Å². The van der Waals surface area contributed by atoms with E-state index in [1.165, 1.54) is 0 Å². The number of aliphatic hydroxyl groups excluding tert-OH is 1. The van der Waals surface area contributed by atoms with Crippen molar-refractivity contribution in [2.45, 2.75) is 19.4 Å². The van der Waals surface area contributed by atoms with Crippen molar-refractivity contribution < 1.29 is 5.11 Å². The van der Waals surface area contributed by atoms with Gasteiger partial charge in [0.2, 0.25) is 17.2 Å². The Kier molecular flexibility index (Phi) is 4.89. The van der Waals surface area contributed by atoms with Crippen LogP contribution in [0.1, 0.15) is 13.3 Å². The number of halogens is 1. The Bertz CT molecular complexity index is 372. The highest BCUT2D eigenvalue weighted by Gasteiger charge is 2.11. The second kappa shape index (κ2) is 5.97. The van der Waals surface area contributed by atoms with Gasteiger partial charge in [-0.05, 0) is 24.9 Å². The molecular formula is C10H18ClN5O. The van der Waals surface area contributed by atoms with Crippen molar-refractivity contribution in [1.29, 1.82) is 0 Å². The van der Waals surface area contributed by atoms with Gasteiger partial charge in [0.15, 0.2) is 0 Å². The van der Waals surface area contributed by atoms with Gasteiger partial charge in [-0.15, -0.1) is 0 Å². The number of hydrogen-bond donors (Lipinski definition) is 1. The summed E-state index contributed by atoms with van der Waals surface area (Å²) in [5.74, 6) is 1.03. The molecule has 0 fully saturated rings. The minimum atomic E-state index is -0.344. The zero-order valence-corrected chi connectivity index (χ0v) is 11.3. The Morgan fingerprint density at radius 1 is 1.18 bits per heavy atom. The van der Waals surface area contributed by atoms with Gasteiger partial charge in [-0.2, -0.15) is 15.0 Å². The number of aliphatic hydroxyl groups is 1. The smallest absolute Gasteiger partial charge is 0.231 e. The molecule has 0 spiro atoms. The van der Waals surface area contributed by atoms with E-state index in [9.17, 15) is 5.11 Å². The summed E-state index contributed by atoms with van der Waals surface area (Å²) >= 11 is 5.84. The summed E-state index contributed by atoms with van der Waals surface area (Å²) in [6.45, 7) is 2.41. The van der Waals surface area contributed by atoms with Gasteiger partial charge < -0.3 is 14.9 Å². The van der Waals surface area contributed by atoms with Gasteiger partial charge in [-0.25, -0.2) is 0 Å². The molecule has 1 aromatic heterocycles. The molecular weight excluding hydrogens is 242 g/mol. The van der Waals surface area contributed by atoms with Crippen LogP contribution in [0.5, 0.6) is 0 Å². The maximum atomic E-state index is 9.23. The molecule has 0 aromatic carbocycles. The fraction of sp³-hybridized carbons (Fsp3) is 0.700. The van der Waals surface area contributed by atoms with Crippen LogP contribution >= 0.6 is 11.6 Å². The summed E-state index contributed by atoms with van der Waals surface area (Å²) < 4.78 is 0. The van der Waals surface area contributed by atoms with Gasteiger partial charge >= 0.3 is 0 Å². The third kappa shape index (κ3) is 4.32. The standard InChI is InChI=1S/C10H18ClN5O/c1-7(17)5-6-16(4)10-13-8(11)12-9(14-10)15(2)3/h7,17H,5-6H2,1-4H3. The summed E-state index contributed by atoms with van der Waals surface area (Å²) in [5, 5.41) is 9.40. The van der Waals surface area contributed by atoms with Crippen LogP contribution < -0.4 is 9.80 Å². The summed E-state index contributed by atoms with van der Waals surface area (Å²) in [6.07, 6.45) is 0.306. The van der Waals surface area contributed by atoms with Gasteiger partial charge in [-0.3, -0.25) is 0 Å². The molecule has 0 aliphatic carbocycles. The van der Waals surface area contributed by atoms with Gasteiger partial charge in [0.1, 0.15) is 0 Å². The normalized spacial score (nSPS) is 12.4. The third-order valence-electron chi connectivity index (χ3n) is 2.21.